The van der Waals surface area contributed by atoms with Gasteiger partial charge in [-0.2, -0.15) is 0 Å². The van der Waals surface area contributed by atoms with Gasteiger partial charge >= 0.3 is 11.9 Å². The van der Waals surface area contributed by atoms with Gasteiger partial charge in [0, 0.05) is 13.1 Å². The molecule has 294 valence electrons. The van der Waals surface area contributed by atoms with Gasteiger partial charge < -0.3 is 77.7 Å². The summed E-state index contributed by atoms with van der Waals surface area (Å²) in [6.45, 7) is 7.24. The van der Waals surface area contributed by atoms with Crippen LogP contribution in [0.4, 0.5) is 0 Å². The van der Waals surface area contributed by atoms with E-state index in [0.29, 0.717) is 132 Å². The van der Waals surface area contributed by atoms with Crippen molar-refractivity contribution in [1.82, 2.24) is 10.6 Å². The van der Waals surface area contributed by atoms with Crippen molar-refractivity contribution >= 4 is 23.8 Å². The molecule has 50 heavy (non-hydrogen) atoms. The summed E-state index contributed by atoms with van der Waals surface area (Å²) < 4.78 is 63.3. The number of nitrogens with one attached hydrogen (secondary N) is 2. The van der Waals surface area contributed by atoms with Crippen LogP contribution in [0.1, 0.15) is 0 Å². The molecule has 0 aliphatic carbocycles. The second-order valence-corrected chi connectivity index (χ2v) is 9.60. The summed E-state index contributed by atoms with van der Waals surface area (Å²) in [6.07, 6.45) is 0. The first kappa shape index (κ1) is 47.4. The van der Waals surface area contributed by atoms with Crippen LogP contribution in [0.5, 0.6) is 0 Å². The fourth-order valence-corrected chi connectivity index (χ4v) is 3.17. The van der Waals surface area contributed by atoms with Gasteiger partial charge in [-0.1, -0.05) is 0 Å². The van der Waals surface area contributed by atoms with Gasteiger partial charge in [0.05, 0.1) is 132 Å². The van der Waals surface area contributed by atoms with Gasteiger partial charge in [0.1, 0.15) is 26.4 Å². The summed E-state index contributed by atoms with van der Waals surface area (Å²) >= 11 is 0. The number of rotatable bonds is 41. The maximum absolute atomic E-state index is 11.4. The zero-order chi connectivity index (χ0) is 36.6. The summed E-state index contributed by atoms with van der Waals surface area (Å²) in [7, 11) is 0. The molecule has 0 aromatic rings. The number of aliphatic carboxylic acids is 2. The molecule has 0 atom stereocenters. The fraction of sp³-hybridized carbons (Fsp3) is 0.867. The van der Waals surface area contributed by atoms with Crippen LogP contribution in [0.3, 0.4) is 0 Å². The molecule has 0 rings (SSSR count). The Kier molecular flexibility index (Phi) is 37.2. The van der Waals surface area contributed by atoms with E-state index in [2.05, 4.69) is 20.1 Å². The minimum Gasteiger partial charge on any atom is -0.480 e. The maximum atomic E-state index is 11.4. The van der Waals surface area contributed by atoms with Crippen molar-refractivity contribution in [3.63, 3.8) is 0 Å². The van der Waals surface area contributed by atoms with Crippen LogP contribution in [0.25, 0.3) is 0 Å². The van der Waals surface area contributed by atoms with E-state index in [9.17, 15) is 19.2 Å². The summed E-state index contributed by atoms with van der Waals surface area (Å²) in [5.74, 6) is -3.07. The third-order valence-electron chi connectivity index (χ3n) is 5.40. The van der Waals surface area contributed by atoms with Crippen LogP contribution >= 0.6 is 0 Å². The number of hydrogen-bond donors (Lipinski definition) is 4. The average Bonchev–Trinajstić information content (AvgIpc) is 3.08. The lowest BCUT2D eigenvalue weighted by atomic mass is 10.6. The van der Waals surface area contributed by atoms with E-state index in [1.54, 1.807) is 0 Å². The minimum absolute atomic E-state index is 0.290. The number of ether oxygens (including phenoxy) is 12. The Morgan fingerprint density at radius 1 is 0.300 bits per heavy atom. The third kappa shape index (κ3) is 41.6. The predicted molar refractivity (Wildman–Crippen MR) is 171 cm³/mol. The van der Waals surface area contributed by atoms with Crippen molar-refractivity contribution in [1.29, 1.82) is 0 Å². The zero-order valence-electron chi connectivity index (χ0n) is 28.8. The molecule has 0 aromatic heterocycles. The number of carboxylic acids is 2. The summed E-state index contributed by atoms with van der Waals surface area (Å²) in [5, 5.41) is 21.9. The molecule has 2 amide bonds. The Morgan fingerprint density at radius 3 is 0.700 bits per heavy atom. The minimum atomic E-state index is -1.13. The largest absolute Gasteiger partial charge is 0.480 e. The number of amides is 2. The Hall–Kier alpha value is -2.60. The number of hydrogen-bond acceptors (Lipinski definition) is 16. The molecule has 0 aromatic carbocycles. The molecule has 20 nitrogen and oxygen atoms in total. The van der Waals surface area contributed by atoms with Crippen LogP contribution in [0, 0.1) is 0 Å². The van der Waals surface area contributed by atoms with E-state index in [1.165, 1.54) is 0 Å². The standard InChI is InChI=1S/C30H56N2O18/c33-27(23-49-25-29(35)36)31-1-3-39-5-7-41-9-11-43-13-15-45-17-19-47-21-22-48-20-18-46-16-14-44-12-10-42-8-6-40-4-2-32-28(34)24-50-26-30(37)38/h1-26H2,(H,31,33)(H,32,34)(H,35,36)(H,37,38). The fourth-order valence-electron chi connectivity index (χ4n) is 3.17. The summed E-state index contributed by atoms with van der Waals surface area (Å²) in [4.78, 5) is 43.3. The zero-order valence-corrected chi connectivity index (χ0v) is 28.8. The van der Waals surface area contributed by atoms with Crippen LogP contribution in [-0.4, -0.2) is 206 Å². The lowest BCUT2D eigenvalue weighted by molar-refractivity contribution is -0.145. The highest BCUT2D eigenvalue weighted by molar-refractivity contribution is 5.78. The van der Waals surface area contributed by atoms with E-state index in [4.69, 9.17) is 57.6 Å². The molecule has 0 aliphatic heterocycles. The van der Waals surface area contributed by atoms with Crippen molar-refractivity contribution in [2.75, 3.05) is 172 Å². The lowest BCUT2D eigenvalue weighted by Crippen LogP contribution is -2.31. The lowest BCUT2D eigenvalue weighted by Gasteiger charge is -2.09. The van der Waals surface area contributed by atoms with Crippen LogP contribution in [-0.2, 0) is 76.0 Å². The average molecular weight is 733 g/mol. The van der Waals surface area contributed by atoms with Crippen LogP contribution in [0.15, 0.2) is 0 Å². The van der Waals surface area contributed by atoms with E-state index in [-0.39, 0.29) is 26.3 Å². The normalized spacial score (nSPS) is 11.1. The van der Waals surface area contributed by atoms with Crippen molar-refractivity contribution in [3.05, 3.63) is 0 Å². The van der Waals surface area contributed by atoms with Gasteiger partial charge in [-0.3, -0.25) is 9.59 Å². The Labute approximate surface area is 292 Å². The number of carbonyl (C=O) groups excluding carboxylic acids is 2. The molecule has 4 N–H and O–H groups in total. The first-order valence-electron chi connectivity index (χ1n) is 16.3. The molecule has 0 bridgehead atoms. The van der Waals surface area contributed by atoms with Crippen molar-refractivity contribution < 1.29 is 86.2 Å². The highest BCUT2D eigenvalue weighted by atomic mass is 16.6. The Balaban J connectivity index is 3.13. The van der Waals surface area contributed by atoms with E-state index >= 15 is 0 Å². The van der Waals surface area contributed by atoms with Crippen molar-refractivity contribution in [3.8, 4) is 0 Å². The summed E-state index contributed by atoms with van der Waals surface area (Å²) in [5.41, 5.74) is 0. The second kappa shape index (κ2) is 39.2. The third-order valence-corrected chi connectivity index (χ3v) is 5.40. The SMILES string of the molecule is O=C(O)COCC(=O)NCCOCCOCCOCCOCCOCCOCCOCCOCCOCCOCCNC(=O)COCC(=O)O. The first-order valence-corrected chi connectivity index (χ1v) is 16.3. The van der Waals surface area contributed by atoms with Crippen molar-refractivity contribution in [2.45, 2.75) is 0 Å². The Morgan fingerprint density at radius 2 is 0.500 bits per heavy atom. The molecule has 0 saturated carbocycles. The molecule has 0 radical (unpaired) electrons. The highest BCUT2D eigenvalue weighted by Crippen LogP contribution is 1.87. The van der Waals surface area contributed by atoms with Gasteiger partial charge in [0.2, 0.25) is 11.8 Å². The van der Waals surface area contributed by atoms with Gasteiger partial charge in [0.15, 0.2) is 0 Å². The molecule has 0 heterocycles. The molecule has 0 spiro atoms. The van der Waals surface area contributed by atoms with Crippen LogP contribution < -0.4 is 10.6 Å². The molecule has 0 saturated heterocycles. The number of carboxylic acid groups (broad SMARTS) is 2. The highest BCUT2D eigenvalue weighted by Gasteiger charge is 2.04. The molecule has 20 heteroatoms. The molecule has 0 aliphatic rings. The van der Waals surface area contributed by atoms with E-state index in [0.717, 1.165) is 0 Å². The maximum Gasteiger partial charge on any atom is 0.329 e. The molecule has 0 fully saturated rings. The first-order chi connectivity index (χ1) is 24.4. The smallest absolute Gasteiger partial charge is 0.329 e. The quantitative estimate of drug-likeness (QED) is 0.0478. The van der Waals surface area contributed by atoms with Gasteiger partial charge in [-0.25, -0.2) is 9.59 Å². The molecule has 0 unspecified atom stereocenters. The summed E-state index contributed by atoms with van der Waals surface area (Å²) in [6, 6.07) is 0. The monoisotopic (exact) mass is 732 g/mol. The Bertz CT molecular complexity index is 746. The van der Waals surface area contributed by atoms with Gasteiger partial charge in [-0.15, -0.1) is 0 Å². The number of carbonyl (C=O) groups is 4. The van der Waals surface area contributed by atoms with Gasteiger partial charge in [-0.05, 0) is 0 Å². The van der Waals surface area contributed by atoms with E-state index < -0.39 is 37.0 Å². The predicted octanol–water partition coefficient (Wildman–Crippen LogP) is -2.41. The topological polar surface area (TPSA) is 244 Å². The van der Waals surface area contributed by atoms with Gasteiger partial charge in [0.25, 0.3) is 0 Å². The van der Waals surface area contributed by atoms with Crippen molar-refractivity contribution in [2.24, 2.45) is 0 Å². The molecular formula is C30H56N2O18. The molecular weight excluding hydrogens is 676 g/mol. The second-order valence-electron chi connectivity index (χ2n) is 9.60. The van der Waals surface area contributed by atoms with Crippen LogP contribution in [0.2, 0.25) is 0 Å². The van der Waals surface area contributed by atoms with E-state index in [1.807, 2.05) is 0 Å².